The Bertz CT molecular complexity index is 440. The zero-order chi connectivity index (χ0) is 14.5. The summed E-state index contributed by atoms with van der Waals surface area (Å²) < 4.78 is 7.71. The standard InChI is InChI=1S/C16H25N3O2/c20-16(13-21-15-7-1-2-8-15)19-11-4-3-6-14(19)12-18-10-5-9-17-18/h5,9-10,14-15H,1-4,6-8,11-13H2/t14-/m0/s1. The van der Waals surface area contributed by atoms with Crippen LogP contribution in [0.1, 0.15) is 44.9 Å². The minimum absolute atomic E-state index is 0.152. The van der Waals surface area contributed by atoms with Crippen molar-refractivity contribution in [2.75, 3.05) is 13.2 Å². The predicted molar refractivity (Wildman–Crippen MR) is 79.8 cm³/mol. The Kier molecular flexibility index (Phi) is 4.91. The average Bonchev–Trinajstić information content (AvgIpc) is 3.18. The van der Waals surface area contributed by atoms with Crippen molar-refractivity contribution in [3.63, 3.8) is 0 Å². The Morgan fingerprint density at radius 3 is 2.76 bits per heavy atom. The zero-order valence-corrected chi connectivity index (χ0v) is 12.6. The van der Waals surface area contributed by atoms with Crippen LogP contribution in [-0.2, 0) is 16.1 Å². The third-order valence-corrected chi connectivity index (χ3v) is 4.65. The first-order valence-electron chi connectivity index (χ1n) is 8.21. The Hall–Kier alpha value is -1.36. The van der Waals surface area contributed by atoms with E-state index in [1.165, 1.54) is 19.3 Å². The van der Waals surface area contributed by atoms with E-state index in [9.17, 15) is 4.79 Å². The highest BCUT2D eigenvalue weighted by Gasteiger charge is 2.28. The molecule has 3 rings (SSSR count). The van der Waals surface area contributed by atoms with Gasteiger partial charge in [0.15, 0.2) is 0 Å². The number of hydrogen-bond acceptors (Lipinski definition) is 3. The van der Waals surface area contributed by atoms with Crippen LogP contribution in [0.4, 0.5) is 0 Å². The lowest BCUT2D eigenvalue weighted by Crippen LogP contribution is -2.47. The van der Waals surface area contributed by atoms with E-state index in [1.54, 1.807) is 6.20 Å². The number of amides is 1. The number of piperidine rings is 1. The van der Waals surface area contributed by atoms with E-state index in [0.717, 1.165) is 38.8 Å². The third-order valence-electron chi connectivity index (χ3n) is 4.65. The minimum Gasteiger partial charge on any atom is -0.368 e. The fraction of sp³-hybridized carbons (Fsp3) is 0.750. The molecular weight excluding hydrogens is 266 g/mol. The van der Waals surface area contributed by atoms with Gasteiger partial charge in [0, 0.05) is 18.9 Å². The summed E-state index contributed by atoms with van der Waals surface area (Å²) >= 11 is 0. The summed E-state index contributed by atoms with van der Waals surface area (Å²) in [7, 11) is 0. The smallest absolute Gasteiger partial charge is 0.248 e. The van der Waals surface area contributed by atoms with Crippen LogP contribution >= 0.6 is 0 Å². The van der Waals surface area contributed by atoms with Crippen molar-refractivity contribution in [2.24, 2.45) is 0 Å². The minimum atomic E-state index is 0.152. The largest absolute Gasteiger partial charge is 0.368 e. The first-order valence-corrected chi connectivity index (χ1v) is 8.21. The summed E-state index contributed by atoms with van der Waals surface area (Å²) in [5.41, 5.74) is 0. The van der Waals surface area contributed by atoms with Gasteiger partial charge in [-0.2, -0.15) is 5.10 Å². The quantitative estimate of drug-likeness (QED) is 0.836. The highest BCUT2D eigenvalue weighted by molar-refractivity contribution is 5.77. The Morgan fingerprint density at radius 1 is 1.19 bits per heavy atom. The van der Waals surface area contributed by atoms with Crippen LogP contribution in [0.2, 0.25) is 0 Å². The number of aromatic nitrogens is 2. The van der Waals surface area contributed by atoms with E-state index in [0.29, 0.717) is 6.10 Å². The monoisotopic (exact) mass is 291 g/mol. The lowest BCUT2D eigenvalue weighted by Gasteiger charge is -2.36. The number of likely N-dealkylation sites (tertiary alicyclic amines) is 1. The van der Waals surface area contributed by atoms with Gasteiger partial charge in [-0.1, -0.05) is 12.8 Å². The zero-order valence-electron chi connectivity index (χ0n) is 12.6. The molecule has 1 amide bonds. The maximum atomic E-state index is 12.5. The van der Waals surface area contributed by atoms with Crippen LogP contribution < -0.4 is 0 Å². The van der Waals surface area contributed by atoms with Crippen molar-refractivity contribution in [1.82, 2.24) is 14.7 Å². The molecule has 2 heterocycles. The van der Waals surface area contributed by atoms with E-state index in [1.807, 2.05) is 21.8 Å². The second kappa shape index (κ2) is 7.07. The van der Waals surface area contributed by atoms with Crippen LogP contribution in [0, 0.1) is 0 Å². The van der Waals surface area contributed by atoms with Gasteiger partial charge < -0.3 is 9.64 Å². The number of carbonyl (C=O) groups excluding carboxylic acids is 1. The molecule has 1 saturated heterocycles. The first-order chi connectivity index (χ1) is 10.3. The summed E-state index contributed by atoms with van der Waals surface area (Å²) in [4.78, 5) is 14.5. The van der Waals surface area contributed by atoms with E-state index in [4.69, 9.17) is 4.74 Å². The molecule has 116 valence electrons. The molecule has 1 aromatic heterocycles. The Labute approximate surface area is 126 Å². The van der Waals surface area contributed by atoms with Crippen molar-refractivity contribution in [1.29, 1.82) is 0 Å². The molecule has 2 fully saturated rings. The fourth-order valence-electron chi connectivity index (χ4n) is 3.47. The maximum absolute atomic E-state index is 12.5. The average molecular weight is 291 g/mol. The summed E-state index contributed by atoms with van der Waals surface area (Å²) in [6, 6.07) is 2.19. The van der Waals surface area contributed by atoms with Crippen molar-refractivity contribution in [3.05, 3.63) is 18.5 Å². The SMILES string of the molecule is O=C(COC1CCCC1)N1CCCC[C@H]1Cn1cccn1. The van der Waals surface area contributed by atoms with Gasteiger partial charge in [0.05, 0.1) is 18.7 Å². The maximum Gasteiger partial charge on any atom is 0.248 e. The molecule has 0 aromatic carbocycles. The van der Waals surface area contributed by atoms with Crippen LogP contribution in [0.3, 0.4) is 0 Å². The molecule has 1 aromatic rings. The highest BCUT2D eigenvalue weighted by atomic mass is 16.5. The molecule has 1 aliphatic heterocycles. The molecule has 21 heavy (non-hydrogen) atoms. The summed E-state index contributed by atoms with van der Waals surface area (Å²) in [6.45, 7) is 1.90. The highest BCUT2D eigenvalue weighted by Crippen LogP contribution is 2.22. The predicted octanol–water partition coefficient (Wildman–Crippen LogP) is 2.22. The van der Waals surface area contributed by atoms with Gasteiger partial charge in [-0.05, 0) is 38.2 Å². The molecule has 0 bridgehead atoms. The normalized spacial score (nSPS) is 23.6. The van der Waals surface area contributed by atoms with Gasteiger partial charge in [0.1, 0.15) is 6.61 Å². The molecule has 0 unspecified atom stereocenters. The van der Waals surface area contributed by atoms with E-state index in [2.05, 4.69) is 5.10 Å². The van der Waals surface area contributed by atoms with Gasteiger partial charge in [-0.25, -0.2) is 0 Å². The molecule has 0 N–H and O–H groups in total. The molecule has 1 atom stereocenters. The van der Waals surface area contributed by atoms with Crippen LogP contribution in [0.15, 0.2) is 18.5 Å². The number of hydrogen-bond donors (Lipinski definition) is 0. The summed E-state index contributed by atoms with van der Waals surface area (Å²) in [5, 5.41) is 4.26. The van der Waals surface area contributed by atoms with Crippen LogP contribution in [0.5, 0.6) is 0 Å². The molecule has 1 saturated carbocycles. The fourth-order valence-corrected chi connectivity index (χ4v) is 3.47. The summed E-state index contributed by atoms with van der Waals surface area (Å²) in [5.74, 6) is 0.152. The van der Waals surface area contributed by atoms with E-state index >= 15 is 0 Å². The number of ether oxygens (including phenoxy) is 1. The summed E-state index contributed by atoms with van der Waals surface area (Å²) in [6.07, 6.45) is 12.1. The van der Waals surface area contributed by atoms with Gasteiger partial charge in [-0.15, -0.1) is 0 Å². The van der Waals surface area contributed by atoms with Gasteiger partial charge in [0.2, 0.25) is 5.91 Å². The number of rotatable bonds is 5. The van der Waals surface area contributed by atoms with Crippen molar-refractivity contribution >= 4 is 5.91 Å². The Balaban J connectivity index is 1.53. The Morgan fingerprint density at radius 2 is 2.00 bits per heavy atom. The third kappa shape index (κ3) is 3.84. The van der Waals surface area contributed by atoms with E-state index < -0.39 is 0 Å². The van der Waals surface area contributed by atoms with Crippen molar-refractivity contribution in [3.8, 4) is 0 Å². The molecule has 1 aliphatic carbocycles. The second-order valence-electron chi connectivity index (χ2n) is 6.18. The molecule has 5 nitrogen and oxygen atoms in total. The number of nitrogens with zero attached hydrogens (tertiary/aromatic N) is 3. The van der Waals surface area contributed by atoms with Crippen LogP contribution in [-0.4, -0.2) is 45.9 Å². The lowest BCUT2D eigenvalue weighted by atomic mass is 10.0. The molecule has 0 radical (unpaired) electrons. The van der Waals surface area contributed by atoms with Crippen molar-refractivity contribution in [2.45, 2.75) is 63.6 Å². The second-order valence-corrected chi connectivity index (χ2v) is 6.18. The number of carbonyl (C=O) groups is 1. The molecule has 5 heteroatoms. The molecule has 2 aliphatic rings. The lowest BCUT2D eigenvalue weighted by molar-refractivity contribution is -0.142. The first kappa shape index (κ1) is 14.6. The topological polar surface area (TPSA) is 47.4 Å². The van der Waals surface area contributed by atoms with Crippen LogP contribution in [0.25, 0.3) is 0 Å². The van der Waals surface area contributed by atoms with Gasteiger partial charge >= 0.3 is 0 Å². The molecular formula is C16H25N3O2. The van der Waals surface area contributed by atoms with E-state index in [-0.39, 0.29) is 18.6 Å². The van der Waals surface area contributed by atoms with Crippen molar-refractivity contribution < 1.29 is 9.53 Å². The molecule has 0 spiro atoms. The van der Waals surface area contributed by atoms with Gasteiger partial charge in [0.25, 0.3) is 0 Å². The van der Waals surface area contributed by atoms with Gasteiger partial charge in [-0.3, -0.25) is 9.48 Å².